The summed E-state index contributed by atoms with van der Waals surface area (Å²) in [5, 5.41) is 3.48. The lowest BCUT2D eigenvalue weighted by atomic mass is 9.89. The summed E-state index contributed by atoms with van der Waals surface area (Å²) in [5.74, 6) is 0.776. The van der Waals surface area contributed by atoms with E-state index in [1.807, 2.05) is 0 Å². The third-order valence-corrected chi connectivity index (χ3v) is 3.99. The van der Waals surface area contributed by atoms with Crippen LogP contribution >= 0.6 is 0 Å². The Balaban J connectivity index is 1.72. The van der Waals surface area contributed by atoms with Crippen molar-refractivity contribution in [2.24, 2.45) is 11.3 Å². The number of hydrogen-bond donors (Lipinski definition) is 1. The fourth-order valence-corrected chi connectivity index (χ4v) is 3.02. The minimum absolute atomic E-state index is 0.514. The van der Waals surface area contributed by atoms with Gasteiger partial charge in [0.1, 0.15) is 0 Å². The van der Waals surface area contributed by atoms with Gasteiger partial charge in [0.2, 0.25) is 0 Å². The molecule has 0 aromatic rings. The van der Waals surface area contributed by atoms with E-state index in [-0.39, 0.29) is 0 Å². The molecule has 2 aliphatic heterocycles. The molecule has 3 nitrogen and oxygen atoms in total. The largest absolute Gasteiger partial charge is 0.381 e. The Morgan fingerprint density at radius 1 is 1.50 bits per heavy atom. The van der Waals surface area contributed by atoms with Crippen molar-refractivity contribution in [1.82, 2.24) is 10.2 Å². The van der Waals surface area contributed by atoms with Crippen molar-refractivity contribution >= 4 is 0 Å². The van der Waals surface area contributed by atoms with Crippen LogP contribution in [0.15, 0.2) is 0 Å². The molecule has 0 bridgehead atoms. The van der Waals surface area contributed by atoms with Gasteiger partial charge < -0.3 is 15.0 Å². The zero-order valence-corrected chi connectivity index (χ0v) is 10.8. The molecule has 2 aliphatic rings. The highest BCUT2D eigenvalue weighted by Crippen LogP contribution is 2.28. The maximum absolute atomic E-state index is 5.52. The van der Waals surface area contributed by atoms with E-state index in [4.69, 9.17) is 4.74 Å². The van der Waals surface area contributed by atoms with Gasteiger partial charge in [-0.05, 0) is 44.2 Å². The summed E-state index contributed by atoms with van der Waals surface area (Å²) in [6, 6.07) is 0. The third-order valence-electron chi connectivity index (χ3n) is 3.99. The van der Waals surface area contributed by atoms with Crippen molar-refractivity contribution in [3.63, 3.8) is 0 Å². The van der Waals surface area contributed by atoms with Gasteiger partial charge in [-0.25, -0.2) is 0 Å². The molecule has 0 aromatic heterocycles. The zero-order valence-electron chi connectivity index (χ0n) is 10.8. The Kier molecular flexibility index (Phi) is 4.22. The third kappa shape index (κ3) is 3.19. The van der Waals surface area contributed by atoms with Gasteiger partial charge >= 0.3 is 0 Å². The lowest BCUT2D eigenvalue weighted by Crippen LogP contribution is -2.36. The Morgan fingerprint density at radius 2 is 2.38 bits per heavy atom. The first kappa shape index (κ1) is 12.3. The molecule has 3 heteroatoms. The highest BCUT2D eigenvalue weighted by Gasteiger charge is 2.33. The molecule has 2 atom stereocenters. The second-order valence-electron chi connectivity index (χ2n) is 5.79. The number of nitrogens with one attached hydrogen (secondary N) is 1. The molecule has 0 spiro atoms. The van der Waals surface area contributed by atoms with Crippen LogP contribution in [-0.4, -0.2) is 50.8 Å². The Labute approximate surface area is 99.5 Å². The van der Waals surface area contributed by atoms with E-state index >= 15 is 0 Å². The number of hydrogen-bond acceptors (Lipinski definition) is 3. The van der Waals surface area contributed by atoms with E-state index in [0.717, 1.165) is 19.1 Å². The van der Waals surface area contributed by atoms with Gasteiger partial charge in [0.05, 0.1) is 6.61 Å². The van der Waals surface area contributed by atoms with Crippen LogP contribution in [0.2, 0.25) is 0 Å². The van der Waals surface area contributed by atoms with E-state index in [1.54, 1.807) is 0 Å². The summed E-state index contributed by atoms with van der Waals surface area (Å²) in [7, 11) is 0. The molecule has 0 amide bonds. The molecule has 2 rings (SSSR count). The highest BCUT2D eigenvalue weighted by atomic mass is 16.5. The molecular weight excluding hydrogens is 200 g/mol. The van der Waals surface area contributed by atoms with Crippen LogP contribution in [0.4, 0.5) is 0 Å². The Hall–Kier alpha value is -0.120. The molecule has 0 aliphatic carbocycles. The average molecular weight is 226 g/mol. The molecule has 0 aromatic carbocycles. The van der Waals surface area contributed by atoms with Crippen molar-refractivity contribution in [2.75, 3.05) is 45.9 Å². The molecule has 0 radical (unpaired) electrons. The fourth-order valence-electron chi connectivity index (χ4n) is 3.02. The molecule has 0 saturated carbocycles. The van der Waals surface area contributed by atoms with Crippen molar-refractivity contribution < 1.29 is 4.74 Å². The van der Waals surface area contributed by atoms with Crippen LogP contribution in [0.25, 0.3) is 0 Å². The van der Waals surface area contributed by atoms with Crippen LogP contribution in [0, 0.1) is 11.3 Å². The number of ether oxygens (including phenoxy) is 1. The van der Waals surface area contributed by atoms with Crippen LogP contribution in [0.1, 0.15) is 26.7 Å². The summed E-state index contributed by atoms with van der Waals surface area (Å²) in [6.07, 6.45) is 2.66. The monoisotopic (exact) mass is 226 g/mol. The molecule has 16 heavy (non-hydrogen) atoms. The van der Waals surface area contributed by atoms with Crippen LogP contribution in [-0.2, 0) is 4.74 Å². The average Bonchev–Trinajstić information content (AvgIpc) is 2.85. The quantitative estimate of drug-likeness (QED) is 0.766. The molecule has 2 saturated heterocycles. The minimum atomic E-state index is 0.514. The zero-order chi connectivity index (χ0) is 11.4. The van der Waals surface area contributed by atoms with Crippen molar-refractivity contribution in [3.8, 4) is 0 Å². The van der Waals surface area contributed by atoms with Gasteiger partial charge in [0.25, 0.3) is 0 Å². The first-order valence-corrected chi connectivity index (χ1v) is 6.73. The van der Waals surface area contributed by atoms with Crippen molar-refractivity contribution in [1.29, 1.82) is 0 Å². The van der Waals surface area contributed by atoms with Gasteiger partial charge in [-0.1, -0.05) is 6.92 Å². The first-order valence-electron chi connectivity index (χ1n) is 6.73. The number of likely N-dealkylation sites (tertiary alicyclic amines) is 1. The van der Waals surface area contributed by atoms with Crippen LogP contribution < -0.4 is 5.32 Å². The number of rotatable bonds is 5. The summed E-state index contributed by atoms with van der Waals surface area (Å²) in [6.45, 7) is 12.5. The fraction of sp³-hybridized carbons (Fsp3) is 1.00. The molecule has 2 heterocycles. The van der Waals surface area contributed by atoms with Crippen LogP contribution in [0.5, 0.6) is 0 Å². The van der Waals surface area contributed by atoms with Crippen molar-refractivity contribution in [3.05, 3.63) is 0 Å². The van der Waals surface area contributed by atoms with E-state index in [0.29, 0.717) is 5.41 Å². The van der Waals surface area contributed by atoms with Gasteiger partial charge in [-0.3, -0.25) is 0 Å². The van der Waals surface area contributed by atoms with E-state index in [9.17, 15) is 0 Å². The summed E-state index contributed by atoms with van der Waals surface area (Å²) in [4.78, 5) is 2.64. The van der Waals surface area contributed by atoms with Gasteiger partial charge in [0.15, 0.2) is 0 Å². The number of nitrogens with zero attached hydrogens (tertiary/aromatic N) is 1. The highest BCUT2D eigenvalue weighted by molar-refractivity contribution is 4.88. The minimum Gasteiger partial charge on any atom is -0.381 e. The lowest BCUT2D eigenvalue weighted by Gasteiger charge is -2.29. The van der Waals surface area contributed by atoms with Gasteiger partial charge in [-0.2, -0.15) is 0 Å². The smallest absolute Gasteiger partial charge is 0.0506 e. The summed E-state index contributed by atoms with van der Waals surface area (Å²) < 4.78 is 5.52. The SMILES string of the molecule is CCOCC1CCN(CC2(C)CCNC2)C1. The predicted molar refractivity (Wildman–Crippen MR) is 66.6 cm³/mol. The summed E-state index contributed by atoms with van der Waals surface area (Å²) >= 11 is 0. The molecular formula is C13H26N2O. The van der Waals surface area contributed by atoms with Gasteiger partial charge in [0, 0.05) is 26.2 Å². The maximum atomic E-state index is 5.52. The molecule has 1 N–H and O–H groups in total. The van der Waals surface area contributed by atoms with Crippen molar-refractivity contribution in [2.45, 2.75) is 26.7 Å². The first-order chi connectivity index (χ1) is 7.72. The normalized spacial score (nSPS) is 36.0. The lowest BCUT2D eigenvalue weighted by molar-refractivity contribution is 0.109. The van der Waals surface area contributed by atoms with E-state index < -0.39 is 0 Å². The van der Waals surface area contributed by atoms with Crippen LogP contribution in [0.3, 0.4) is 0 Å². The van der Waals surface area contributed by atoms with E-state index in [2.05, 4.69) is 24.1 Å². The molecule has 2 unspecified atom stereocenters. The molecule has 2 fully saturated rings. The Morgan fingerprint density at radius 3 is 3.06 bits per heavy atom. The Bertz CT molecular complexity index is 214. The van der Waals surface area contributed by atoms with E-state index in [1.165, 1.54) is 45.6 Å². The molecule has 94 valence electrons. The second kappa shape index (κ2) is 5.48. The second-order valence-corrected chi connectivity index (χ2v) is 5.79. The predicted octanol–water partition coefficient (Wildman–Crippen LogP) is 1.34. The topological polar surface area (TPSA) is 24.5 Å². The standard InChI is InChI=1S/C13H26N2O/c1-3-16-9-12-4-7-15(8-12)11-13(2)5-6-14-10-13/h12,14H,3-11H2,1-2H3. The summed E-state index contributed by atoms with van der Waals surface area (Å²) in [5.41, 5.74) is 0.514. The maximum Gasteiger partial charge on any atom is 0.0506 e. The van der Waals surface area contributed by atoms with Gasteiger partial charge in [-0.15, -0.1) is 0 Å².